The van der Waals surface area contributed by atoms with Crippen molar-refractivity contribution in [3.8, 4) is 0 Å². The Bertz CT molecular complexity index is 552. The first-order valence-electron chi connectivity index (χ1n) is 6.50. The van der Waals surface area contributed by atoms with E-state index in [1.54, 1.807) is 11.3 Å². The predicted octanol–water partition coefficient (Wildman–Crippen LogP) is 4.80. The number of rotatable bonds is 3. The monoisotopic (exact) mass is 280 g/mol. The fourth-order valence-corrected chi connectivity index (χ4v) is 3.74. The maximum atomic E-state index is 5.97. The topological polar surface area (TPSA) is 24.9 Å². The summed E-state index contributed by atoms with van der Waals surface area (Å²) in [6.07, 6.45) is 4.08. The fraction of sp³-hybridized carbons (Fsp3) is 0.500. The summed E-state index contributed by atoms with van der Waals surface area (Å²) in [6, 6.07) is 5.89. The highest BCUT2D eigenvalue weighted by molar-refractivity contribution is 7.22. The molecular formula is C14H17ClN2S. The van der Waals surface area contributed by atoms with Crippen LogP contribution in [-0.4, -0.2) is 11.5 Å². The van der Waals surface area contributed by atoms with Gasteiger partial charge in [0.1, 0.15) is 0 Å². The second-order valence-corrected chi connectivity index (χ2v) is 6.76. The number of benzene rings is 1. The predicted molar refractivity (Wildman–Crippen MR) is 79.6 cm³/mol. The minimum atomic E-state index is 0.754. The van der Waals surface area contributed by atoms with Crippen LogP contribution in [0.15, 0.2) is 18.2 Å². The van der Waals surface area contributed by atoms with E-state index in [2.05, 4.69) is 17.2 Å². The molecule has 1 aromatic carbocycles. The van der Waals surface area contributed by atoms with Gasteiger partial charge in [-0.2, -0.15) is 0 Å². The molecule has 2 nitrogen and oxygen atoms in total. The highest BCUT2D eigenvalue weighted by Crippen LogP contribution is 2.32. The molecule has 18 heavy (non-hydrogen) atoms. The lowest BCUT2D eigenvalue weighted by Crippen LogP contribution is -2.11. The van der Waals surface area contributed by atoms with Crippen LogP contribution in [0.1, 0.15) is 26.2 Å². The van der Waals surface area contributed by atoms with Crippen LogP contribution in [0.3, 0.4) is 0 Å². The average Bonchev–Trinajstić information content (AvgIpc) is 2.92. The molecular weight excluding hydrogens is 264 g/mol. The average molecular weight is 281 g/mol. The number of thiazole rings is 1. The highest BCUT2D eigenvalue weighted by atomic mass is 35.5. The van der Waals surface area contributed by atoms with Gasteiger partial charge in [0.05, 0.1) is 10.2 Å². The van der Waals surface area contributed by atoms with Gasteiger partial charge in [-0.15, -0.1) is 0 Å². The van der Waals surface area contributed by atoms with Crippen LogP contribution in [0.4, 0.5) is 5.13 Å². The third-order valence-electron chi connectivity index (χ3n) is 3.69. The molecule has 1 aliphatic rings. The number of nitrogens with one attached hydrogen (secondary N) is 1. The zero-order valence-corrected chi connectivity index (χ0v) is 12.0. The van der Waals surface area contributed by atoms with Crippen molar-refractivity contribution in [2.24, 2.45) is 11.8 Å². The molecule has 4 heteroatoms. The summed E-state index contributed by atoms with van der Waals surface area (Å²) in [5.74, 6) is 1.71. The van der Waals surface area contributed by atoms with E-state index in [1.807, 2.05) is 18.2 Å². The zero-order chi connectivity index (χ0) is 12.5. The molecule has 2 atom stereocenters. The Labute approximate surface area is 116 Å². The SMILES string of the molecule is CC1CCC(CNc2nc3cc(Cl)ccc3s2)C1. The summed E-state index contributed by atoms with van der Waals surface area (Å²) in [6.45, 7) is 3.40. The maximum Gasteiger partial charge on any atom is 0.183 e. The third-order valence-corrected chi connectivity index (χ3v) is 4.92. The summed E-state index contributed by atoms with van der Waals surface area (Å²) < 4.78 is 1.20. The molecule has 0 bridgehead atoms. The van der Waals surface area contributed by atoms with Crippen LogP contribution in [0.25, 0.3) is 10.2 Å². The molecule has 1 saturated carbocycles. The van der Waals surface area contributed by atoms with Crippen LogP contribution in [0.2, 0.25) is 5.02 Å². The molecule has 2 unspecified atom stereocenters. The first kappa shape index (κ1) is 12.2. The summed E-state index contributed by atoms with van der Waals surface area (Å²) >= 11 is 7.68. The smallest absolute Gasteiger partial charge is 0.183 e. The number of hydrogen-bond donors (Lipinski definition) is 1. The van der Waals surface area contributed by atoms with Crippen molar-refractivity contribution < 1.29 is 0 Å². The van der Waals surface area contributed by atoms with Gasteiger partial charge in [0.2, 0.25) is 0 Å². The standard InChI is InChI=1S/C14H17ClN2S/c1-9-2-3-10(6-9)8-16-14-17-12-7-11(15)4-5-13(12)18-14/h4-5,7,9-10H,2-3,6,8H2,1H3,(H,16,17). The van der Waals surface area contributed by atoms with Crippen molar-refractivity contribution in [2.75, 3.05) is 11.9 Å². The van der Waals surface area contributed by atoms with Crippen LogP contribution in [-0.2, 0) is 0 Å². The van der Waals surface area contributed by atoms with Crippen molar-refractivity contribution in [1.29, 1.82) is 0 Å². The molecule has 1 N–H and O–H groups in total. The lowest BCUT2D eigenvalue weighted by atomic mass is 10.1. The molecule has 0 amide bonds. The molecule has 0 saturated heterocycles. The van der Waals surface area contributed by atoms with Gasteiger partial charge in [-0.05, 0) is 42.9 Å². The van der Waals surface area contributed by atoms with E-state index in [4.69, 9.17) is 11.6 Å². The number of nitrogens with zero attached hydrogens (tertiary/aromatic N) is 1. The second kappa shape index (κ2) is 5.06. The van der Waals surface area contributed by atoms with E-state index >= 15 is 0 Å². The first-order chi connectivity index (χ1) is 8.70. The summed E-state index contributed by atoms with van der Waals surface area (Å²) in [5.41, 5.74) is 0.995. The van der Waals surface area contributed by atoms with Gasteiger partial charge in [-0.3, -0.25) is 0 Å². The highest BCUT2D eigenvalue weighted by Gasteiger charge is 2.21. The van der Waals surface area contributed by atoms with E-state index in [1.165, 1.54) is 24.0 Å². The molecule has 3 rings (SSSR count). The molecule has 0 spiro atoms. The lowest BCUT2D eigenvalue weighted by Gasteiger charge is -2.09. The van der Waals surface area contributed by atoms with Crippen LogP contribution in [0.5, 0.6) is 0 Å². The van der Waals surface area contributed by atoms with E-state index in [9.17, 15) is 0 Å². The molecule has 1 fully saturated rings. The fourth-order valence-electron chi connectivity index (χ4n) is 2.72. The maximum absolute atomic E-state index is 5.97. The van der Waals surface area contributed by atoms with Crippen LogP contribution in [0, 0.1) is 11.8 Å². The van der Waals surface area contributed by atoms with Crippen LogP contribution < -0.4 is 5.32 Å². The van der Waals surface area contributed by atoms with Crippen molar-refractivity contribution in [3.05, 3.63) is 23.2 Å². The Balaban J connectivity index is 1.67. The number of aromatic nitrogens is 1. The van der Waals surface area contributed by atoms with Crippen molar-refractivity contribution in [1.82, 2.24) is 4.98 Å². The Morgan fingerprint density at radius 2 is 2.33 bits per heavy atom. The number of halogens is 1. The summed E-state index contributed by atoms with van der Waals surface area (Å²) in [5, 5.41) is 5.25. The molecule has 1 aromatic heterocycles. The van der Waals surface area contributed by atoms with Crippen LogP contribution >= 0.6 is 22.9 Å². The van der Waals surface area contributed by atoms with Gasteiger partial charge in [-0.25, -0.2) is 4.98 Å². The normalized spacial score (nSPS) is 23.7. The van der Waals surface area contributed by atoms with E-state index in [0.29, 0.717) is 0 Å². The molecule has 2 aromatic rings. The van der Waals surface area contributed by atoms with Gasteiger partial charge in [0, 0.05) is 11.6 Å². The molecule has 0 aliphatic heterocycles. The van der Waals surface area contributed by atoms with Gasteiger partial charge < -0.3 is 5.32 Å². The van der Waals surface area contributed by atoms with Gasteiger partial charge in [-0.1, -0.05) is 36.3 Å². The number of hydrogen-bond acceptors (Lipinski definition) is 3. The van der Waals surface area contributed by atoms with E-state index in [0.717, 1.165) is 34.1 Å². The van der Waals surface area contributed by atoms with Crippen molar-refractivity contribution >= 4 is 38.3 Å². The molecule has 1 aliphatic carbocycles. The zero-order valence-electron chi connectivity index (χ0n) is 10.4. The molecule has 0 radical (unpaired) electrons. The summed E-state index contributed by atoms with van der Waals surface area (Å²) in [7, 11) is 0. The van der Waals surface area contributed by atoms with E-state index < -0.39 is 0 Å². The van der Waals surface area contributed by atoms with Gasteiger partial charge >= 0.3 is 0 Å². The molecule has 96 valence electrons. The lowest BCUT2D eigenvalue weighted by molar-refractivity contribution is 0.537. The summed E-state index contributed by atoms with van der Waals surface area (Å²) in [4.78, 5) is 4.58. The molecule has 1 heterocycles. The largest absolute Gasteiger partial charge is 0.361 e. The third kappa shape index (κ3) is 2.62. The quantitative estimate of drug-likeness (QED) is 0.874. The Morgan fingerprint density at radius 1 is 1.44 bits per heavy atom. The Morgan fingerprint density at radius 3 is 3.11 bits per heavy atom. The Kier molecular flexibility index (Phi) is 3.44. The van der Waals surface area contributed by atoms with Crippen molar-refractivity contribution in [3.63, 3.8) is 0 Å². The Hall–Kier alpha value is -0.800. The van der Waals surface area contributed by atoms with E-state index in [-0.39, 0.29) is 0 Å². The number of anilines is 1. The van der Waals surface area contributed by atoms with Crippen molar-refractivity contribution in [2.45, 2.75) is 26.2 Å². The second-order valence-electron chi connectivity index (χ2n) is 5.30. The van der Waals surface area contributed by atoms with Gasteiger partial charge in [0.15, 0.2) is 5.13 Å². The number of fused-ring (bicyclic) bond motifs is 1. The first-order valence-corrected chi connectivity index (χ1v) is 7.70. The minimum absolute atomic E-state index is 0.754. The van der Waals surface area contributed by atoms with Gasteiger partial charge in [0.25, 0.3) is 0 Å². The minimum Gasteiger partial charge on any atom is -0.361 e.